The lowest BCUT2D eigenvalue weighted by molar-refractivity contribution is 0.187. The number of nitrogens with zero attached hydrogens (tertiary/aromatic N) is 3. The van der Waals surface area contributed by atoms with Crippen molar-refractivity contribution in [2.24, 2.45) is 10.9 Å². The van der Waals surface area contributed by atoms with Crippen molar-refractivity contribution in [2.45, 2.75) is 25.9 Å². The highest BCUT2D eigenvalue weighted by Gasteiger charge is 2.25. The molecular formula is C18H29IN4O. The maximum absolute atomic E-state index is 9.73. The SMILES string of the molecule is CCNC(=NCC1CCN(c2ccccc2)C1)N1CC[C@@H](O)C1.I. The van der Waals surface area contributed by atoms with Gasteiger partial charge in [0.15, 0.2) is 5.96 Å². The van der Waals surface area contributed by atoms with Gasteiger partial charge in [-0.15, -0.1) is 24.0 Å². The van der Waals surface area contributed by atoms with Gasteiger partial charge in [-0.3, -0.25) is 4.99 Å². The standard InChI is InChI=1S/C18H28N4O.HI/c1-2-19-18(22-11-9-17(23)14-22)20-12-15-8-10-21(13-15)16-6-4-3-5-7-16;/h3-7,15,17,23H,2,8-14H2,1H3,(H,19,20);1H/t15?,17-;/m1./s1. The molecule has 134 valence electrons. The van der Waals surface area contributed by atoms with Crippen LogP contribution in [-0.4, -0.2) is 61.3 Å². The summed E-state index contributed by atoms with van der Waals surface area (Å²) in [7, 11) is 0. The first-order valence-electron chi connectivity index (χ1n) is 8.77. The average Bonchev–Trinajstić information content (AvgIpc) is 3.21. The van der Waals surface area contributed by atoms with Crippen LogP contribution >= 0.6 is 24.0 Å². The molecule has 2 heterocycles. The molecule has 2 atom stereocenters. The molecule has 2 fully saturated rings. The van der Waals surface area contributed by atoms with Gasteiger partial charge in [0.1, 0.15) is 0 Å². The summed E-state index contributed by atoms with van der Waals surface area (Å²) in [5, 5.41) is 13.1. The van der Waals surface area contributed by atoms with E-state index in [1.54, 1.807) is 0 Å². The molecule has 5 nitrogen and oxygen atoms in total. The van der Waals surface area contributed by atoms with E-state index in [-0.39, 0.29) is 30.1 Å². The number of nitrogens with one attached hydrogen (secondary N) is 1. The zero-order valence-electron chi connectivity index (χ0n) is 14.4. The first kappa shape index (κ1) is 19.3. The Labute approximate surface area is 162 Å². The van der Waals surface area contributed by atoms with Crippen LogP contribution in [0.5, 0.6) is 0 Å². The van der Waals surface area contributed by atoms with Crippen molar-refractivity contribution < 1.29 is 5.11 Å². The van der Waals surface area contributed by atoms with E-state index in [0.29, 0.717) is 12.5 Å². The van der Waals surface area contributed by atoms with Gasteiger partial charge in [-0.05, 0) is 37.8 Å². The van der Waals surface area contributed by atoms with Crippen LogP contribution in [0.15, 0.2) is 35.3 Å². The van der Waals surface area contributed by atoms with Crippen LogP contribution in [0.3, 0.4) is 0 Å². The fourth-order valence-electron chi connectivity index (χ4n) is 3.43. The number of likely N-dealkylation sites (tertiary alicyclic amines) is 1. The second-order valence-corrected chi connectivity index (χ2v) is 6.52. The second kappa shape index (κ2) is 9.46. The first-order valence-corrected chi connectivity index (χ1v) is 8.77. The topological polar surface area (TPSA) is 51.1 Å². The summed E-state index contributed by atoms with van der Waals surface area (Å²) in [4.78, 5) is 9.46. The smallest absolute Gasteiger partial charge is 0.194 e. The molecule has 2 saturated heterocycles. The van der Waals surface area contributed by atoms with Crippen LogP contribution in [0.1, 0.15) is 19.8 Å². The third kappa shape index (κ3) is 4.99. The molecule has 0 amide bonds. The van der Waals surface area contributed by atoms with Crippen molar-refractivity contribution in [2.75, 3.05) is 44.2 Å². The van der Waals surface area contributed by atoms with Gasteiger partial charge < -0.3 is 20.2 Å². The Bertz CT molecular complexity index is 525. The Morgan fingerprint density at radius 3 is 2.67 bits per heavy atom. The number of aliphatic hydroxyl groups is 1. The molecule has 1 aromatic rings. The van der Waals surface area contributed by atoms with E-state index in [1.165, 1.54) is 12.1 Å². The summed E-state index contributed by atoms with van der Waals surface area (Å²) < 4.78 is 0. The van der Waals surface area contributed by atoms with Gasteiger partial charge in [-0.2, -0.15) is 0 Å². The molecule has 0 bridgehead atoms. The predicted octanol–water partition coefficient (Wildman–Crippen LogP) is 2.16. The van der Waals surface area contributed by atoms with Gasteiger partial charge >= 0.3 is 0 Å². The van der Waals surface area contributed by atoms with Crippen LogP contribution in [0.25, 0.3) is 0 Å². The number of hydrogen-bond acceptors (Lipinski definition) is 3. The fourth-order valence-corrected chi connectivity index (χ4v) is 3.43. The lowest BCUT2D eigenvalue weighted by atomic mass is 10.1. The molecule has 3 rings (SSSR count). The van der Waals surface area contributed by atoms with Crippen molar-refractivity contribution >= 4 is 35.6 Å². The summed E-state index contributed by atoms with van der Waals surface area (Å²) >= 11 is 0. The molecular weight excluding hydrogens is 415 g/mol. The maximum atomic E-state index is 9.73. The molecule has 2 aliphatic heterocycles. The monoisotopic (exact) mass is 444 g/mol. The minimum absolute atomic E-state index is 0. The number of anilines is 1. The van der Waals surface area contributed by atoms with Crippen molar-refractivity contribution in [3.05, 3.63) is 30.3 Å². The zero-order chi connectivity index (χ0) is 16.1. The van der Waals surface area contributed by atoms with Gasteiger partial charge in [0, 0.05) is 45.0 Å². The summed E-state index contributed by atoms with van der Waals surface area (Å²) in [6, 6.07) is 10.6. The lowest BCUT2D eigenvalue weighted by Crippen LogP contribution is -2.40. The van der Waals surface area contributed by atoms with Crippen LogP contribution in [-0.2, 0) is 0 Å². The number of aliphatic hydroxyl groups excluding tert-OH is 1. The number of halogens is 1. The average molecular weight is 444 g/mol. The normalized spacial score (nSPS) is 24.2. The highest BCUT2D eigenvalue weighted by molar-refractivity contribution is 14.0. The highest BCUT2D eigenvalue weighted by Crippen LogP contribution is 2.23. The largest absolute Gasteiger partial charge is 0.391 e. The number of β-amino-alcohol motifs (C(OH)–C–C–N with tert-alkyl or cyclic N) is 1. The summed E-state index contributed by atoms with van der Waals surface area (Å²) in [6.07, 6.45) is 1.83. The second-order valence-electron chi connectivity index (χ2n) is 6.52. The van der Waals surface area contributed by atoms with Crippen LogP contribution in [0.2, 0.25) is 0 Å². The van der Waals surface area contributed by atoms with Gasteiger partial charge in [-0.25, -0.2) is 0 Å². The molecule has 0 aromatic heterocycles. The predicted molar refractivity (Wildman–Crippen MR) is 110 cm³/mol. The molecule has 1 unspecified atom stereocenters. The first-order chi connectivity index (χ1) is 11.3. The van der Waals surface area contributed by atoms with Crippen molar-refractivity contribution in [1.82, 2.24) is 10.2 Å². The third-order valence-corrected chi connectivity index (χ3v) is 4.70. The van der Waals surface area contributed by atoms with Crippen LogP contribution in [0, 0.1) is 5.92 Å². The Kier molecular flexibility index (Phi) is 7.61. The molecule has 0 aliphatic carbocycles. The molecule has 2 aliphatic rings. The third-order valence-electron chi connectivity index (χ3n) is 4.70. The summed E-state index contributed by atoms with van der Waals surface area (Å²) in [6.45, 7) is 7.61. The maximum Gasteiger partial charge on any atom is 0.194 e. The highest BCUT2D eigenvalue weighted by atomic mass is 127. The van der Waals surface area contributed by atoms with Crippen LogP contribution in [0.4, 0.5) is 5.69 Å². The number of para-hydroxylation sites is 1. The Morgan fingerprint density at radius 2 is 2.00 bits per heavy atom. The molecule has 0 radical (unpaired) electrons. The summed E-state index contributed by atoms with van der Waals surface area (Å²) in [5.74, 6) is 1.57. The van der Waals surface area contributed by atoms with E-state index >= 15 is 0 Å². The Hall–Kier alpha value is -1.02. The van der Waals surface area contributed by atoms with Gasteiger partial charge in [-0.1, -0.05) is 18.2 Å². The number of guanidine groups is 1. The van der Waals surface area contributed by atoms with Crippen molar-refractivity contribution in [3.8, 4) is 0 Å². The van der Waals surface area contributed by atoms with E-state index in [4.69, 9.17) is 4.99 Å². The summed E-state index contributed by atoms with van der Waals surface area (Å²) in [5.41, 5.74) is 1.31. The molecule has 6 heteroatoms. The molecule has 0 spiro atoms. The Balaban J connectivity index is 0.00000208. The van der Waals surface area contributed by atoms with E-state index in [1.807, 2.05) is 0 Å². The van der Waals surface area contributed by atoms with Crippen LogP contribution < -0.4 is 10.2 Å². The molecule has 2 N–H and O–H groups in total. The van der Waals surface area contributed by atoms with E-state index in [2.05, 4.69) is 52.4 Å². The van der Waals surface area contributed by atoms with Gasteiger partial charge in [0.2, 0.25) is 0 Å². The number of rotatable bonds is 4. The quantitative estimate of drug-likeness (QED) is 0.425. The molecule has 0 saturated carbocycles. The number of aliphatic imine (C=N–C) groups is 1. The zero-order valence-corrected chi connectivity index (χ0v) is 16.7. The molecule has 1 aromatic carbocycles. The van der Waals surface area contributed by atoms with E-state index in [9.17, 15) is 5.11 Å². The molecule has 24 heavy (non-hydrogen) atoms. The number of benzene rings is 1. The van der Waals surface area contributed by atoms with Gasteiger partial charge in [0.05, 0.1) is 6.10 Å². The van der Waals surface area contributed by atoms with E-state index < -0.39 is 0 Å². The minimum atomic E-state index is -0.209. The van der Waals surface area contributed by atoms with Crippen molar-refractivity contribution in [3.63, 3.8) is 0 Å². The fraction of sp³-hybridized carbons (Fsp3) is 0.611. The minimum Gasteiger partial charge on any atom is -0.391 e. The number of hydrogen-bond donors (Lipinski definition) is 2. The van der Waals surface area contributed by atoms with E-state index in [0.717, 1.165) is 45.1 Å². The lowest BCUT2D eigenvalue weighted by Gasteiger charge is -2.22. The Morgan fingerprint density at radius 1 is 1.21 bits per heavy atom. The van der Waals surface area contributed by atoms with Gasteiger partial charge in [0.25, 0.3) is 0 Å². The van der Waals surface area contributed by atoms with Crippen molar-refractivity contribution in [1.29, 1.82) is 0 Å².